The normalized spacial score (nSPS) is 13.7. The Morgan fingerprint density at radius 2 is 1.81 bits per heavy atom. The first-order valence-electron chi connectivity index (χ1n) is 4.87. The molecule has 16 heavy (non-hydrogen) atoms. The van der Waals surface area contributed by atoms with Crippen LogP contribution in [0.5, 0.6) is 0 Å². The first kappa shape index (κ1) is 12.8. The number of nitrogens with two attached hydrogens (primary N) is 1. The molecule has 0 aliphatic carbocycles. The summed E-state index contributed by atoms with van der Waals surface area (Å²) >= 11 is 0. The fraction of sp³-hybridized carbons (Fsp3) is 0.455. The summed E-state index contributed by atoms with van der Waals surface area (Å²) in [4.78, 5) is 1.74. The highest BCUT2D eigenvalue weighted by Gasteiger charge is 2.34. The Balaban J connectivity index is 3.31. The second-order valence-corrected chi connectivity index (χ2v) is 3.95. The van der Waals surface area contributed by atoms with Gasteiger partial charge in [0.15, 0.2) is 0 Å². The van der Waals surface area contributed by atoms with Crippen LogP contribution >= 0.6 is 0 Å². The van der Waals surface area contributed by atoms with E-state index in [1.54, 1.807) is 25.9 Å². The highest BCUT2D eigenvalue weighted by Crippen LogP contribution is 2.35. The quantitative estimate of drug-likeness (QED) is 0.849. The molecule has 0 saturated carbocycles. The maximum absolute atomic E-state index is 12.7. The van der Waals surface area contributed by atoms with Gasteiger partial charge in [-0.25, -0.2) is 0 Å². The van der Waals surface area contributed by atoms with Crippen LogP contribution < -0.4 is 10.6 Å². The lowest BCUT2D eigenvalue weighted by molar-refractivity contribution is -0.138. The SMILES string of the molecule is CC(N)c1cc(N(C)C)ccc1C(F)(F)F. The number of hydrogen-bond donors (Lipinski definition) is 1. The summed E-state index contributed by atoms with van der Waals surface area (Å²) in [6.07, 6.45) is -4.35. The number of hydrogen-bond acceptors (Lipinski definition) is 2. The first-order valence-corrected chi connectivity index (χ1v) is 4.87. The molecule has 0 spiro atoms. The van der Waals surface area contributed by atoms with E-state index in [4.69, 9.17) is 5.73 Å². The average Bonchev–Trinajstić information content (AvgIpc) is 2.15. The number of halogens is 3. The van der Waals surface area contributed by atoms with Crippen LogP contribution in [-0.2, 0) is 6.18 Å². The van der Waals surface area contributed by atoms with Crippen molar-refractivity contribution in [1.82, 2.24) is 0 Å². The molecule has 5 heteroatoms. The summed E-state index contributed by atoms with van der Waals surface area (Å²) < 4.78 is 38.0. The molecule has 0 heterocycles. The number of benzene rings is 1. The van der Waals surface area contributed by atoms with Crippen molar-refractivity contribution < 1.29 is 13.2 Å². The molecular formula is C11H15F3N2. The molecule has 90 valence electrons. The van der Waals surface area contributed by atoms with Crippen LogP contribution in [0.3, 0.4) is 0 Å². The Bertz CT molecular complexity index is 370. The lowest BCUT2D eigenvalue weighted by Crippen LogP contribution is -2.17. The van der Waals surface area contributed by atoms with Crippen molar-refractivity contribution in [3.8, 4) is 0 Å². The third-order valence-corrected chi connectivity index (χ3v) is 2.35. The third-order valence-electron chi connectivity index (χ3n) is 2.35. The van der Waals surface area contributed by atoms with E-state index >= 15 is 0 Å². The zero-order valence-electron chi connectivity index (χ0n) is 9.47. The van der Waals surface area contributed by atoms with Crippen molar-refractivity contribution in [2.24, 2.45) is 5.73 Å². The van der Waals surface area contributed by atoms with Crippen LogP contribution in [0.1, 0.15) is 24.1 Å². The van der Waals surface area contributed by atoms with Crippen LogP contribution in [0.15, 0.2) is 18.2 Å². The van der Waals surface area contributed by atoms with E-state index in [0.29, 0.717) is 5.69 Å². The third kappa shape index (κ3) is 2.66. The fourth-order valence-corrected chi connectivity index (χ4v) is 1.46. The molecule has 1 rings (SSSR count). The lowest BCUT2D eigenvalue weighted by Gasteiger charge is -2.19. The standard InChI is InChI=1S/C11H15F3N2/c1-7(15)9-6-8(16(2)3)4-5-10(9)11(12,13)14/h4-7H,15H2,1-3H3. The van der Waals surface area contributed by atoms with Gasteiger partial charge in [0.05, 0.1) is 5.56 Å². The van der Waals surface area contributed by atoms with Gasteiger partial charge in [-0.15, -0.1) is 0 Å². The van der Waals surface area contributed by atoms with E-state index in [2.05, 4.69) is 0 Å². The monoisotopic (exact) mass is 232 g/mol. The summed E-state index contributed by atoms with van der Waals surface area (Å²) in [7, 11) is 3.54. The van der Waals surface area contributed by atoms with Crippen molar-refractivity contribution >= 4 is 5.69 Å². The van der Waals surface area contributed by atoms with E-state index < -0.39 is 17.8 Å². The van der Waals surface area contributed by atoms with Gasteiger partial charge in [0.25, 0.3) is 0 Å². The molecule has 1 atom stereocenters. The van der Waals surface area contributed by atoms with E-state index in [1.807, 2.05) is 0 Å². The molecule has 0 aromatic heterocycles. The number of anilines is 1. The Kier molecular flexibility index (Phi) is 3.48. The van der Waals surface area contributed by atoms with Crippen molar-refractivity contribution in [1.29, 1.82) is 0 Å². The Hall–Kier alpha value is -1.23. The Morgan fingerprint density at radius 1 is 1.25 bits per heavy atom. The van der Waals surface area contributed by atoms with Crippen LogP contribution in [0, 0.1) is 0 Å². The largest absolute Gasteiger partial charge is 0.416 e. The lowest BCUT2D eigenvalue weighted by atomic mass is 10.0. The zero-order chi connectivity index (χ0) is 12.5. The van der Waals surface area contributed by atoms with Crippen LogP contribution in [0.4, 0.5) is 18.9 Å². The highest BCUT2D eigenvalue weighted by molar-refractivity contribution is 5.51. The van der Waals surface area contributed by atoms with E-state index in [-0.39, 0.29) is 5.56 Å². The maximum atomic E-state index is 12.7. The van der Waals surface area contributed by atoms with Gasteiger partial charge in [-0.1, -0.05) is 0 Å². The molecule has 0 amide bonds. The molecule has 0 aliphatic heterocycles. The number of nitrogens with zero attached hydrogens (tertiary/aromatic N) is 1. The van der Waals surface area contributed by atoms with Crippen molar-refractivity contribution in [3.63, 3.8) is 0 Å². The minimum Gasteiger partial charge on any atom is -0.378 e. The summed E-state index contributed by atoms with van der Waals surface area (Å²) in [6, 6.07) is 3.35. The average molecular weight is 232 g/mol. The summed E-state index contributed by atoms with van der Waals surface area (Å²) in [5, 5.41) is 0. The van der Waals surface area contributed by atoms with Gasteiger partial charge >= 0.3 is 6.18 Å². The predicted molar refractivity (Wildman–Crippen MR) is 58.4 cm³/mol. The number of alkyl halides is 3. The van der Waals surface area contributed by atoms with Gasteiger partial charge in [0, 0.05) is 25.8 Å². The topological polar surface area (TPSA) is 29.3 Å². The van der Waals surface area contributed by atoms with E-state index in [1.165, 1.54) is 12.1 Å². The molecule has 0 radical (unpaired) electrons. The second-order valence-electron chi connectivity index (χ2n) is 3.95. The Labute approximate surface area is 92.9 Å². The molecule has 0 fully saturated rings. The predicted octanol–water partition coefficient (Wildman–Crippen LogP) is 2.79. The van der Waals surface area contributed by atoms with E-state index in [0.717, 1.165) is 6.07 Å². The van der Waals surface area contributed by atoms with Crippen molar-refractivity contribution in [2.45, 2.75) is 19.1 Å². The molecule has 1 aromatic carbocycles. The summed E-state index contributed by atoms with van der Waals surface area (Å²) in [5.41, 5.74) is 5.73. The zero-order valence-corrected chi connectivity index (χ0v) is 9.47. The smallest absolute Gasteiger partial charge is 0.378 e. The van der Waals surface area contributed by atoms with Gasteiger partial charge in [-0.2, -0.15) is 13.2 Å². The minimum atomic E-state index is -4.35. The van der Waals surface area contributed by atoms with Gasteiger partial charge in [0.2, 0.25) is 0 Å². The molecule has 1 aromatic rings. The molecule has 2 nitrogen and oxygen atoms in total. The van der Waals surface area contributed by atoms with Gasteiger partial charge in [-0.3, -0.25) is 0 Å². The van der Waals surface area contributed by atoms with Crippen molar-refractivity contribution in [2.75, 3.05) is 19.0 Å². The fourth-order valence-electron chi connectivity index (χ4n) is 1.46. The highest BCUT2D eigenvalue weighted by atomic mass is 19.4. The van der Waals surface area contributed by atoms with Crippen LogP contribution in [-0.4, -0.2) is 14.1 Å². The molecule has 2 N–H and O–H groups in total. The van der Waals surface area contributed by atoms with Crippen molar-refractivity contribution in [3.05, 3.63) is 29.3 Å². The van der Waals surface area contributed by atoms with E-state index in [9.17, 15) is 13.2 Å². The maximum Gasteiger partial charge on any atom is 0.416 e. The van der Waals surface area contributed by atoms with Gasteiger partial charge in [-0.05, 0) is 30.7 Å². The van der Waals surface area contributed by atoms with Gasteiger partial charge < -0.3 is 10.6 Å². The van der Waals surface area contributed by atoms with Crippen LogP contribution in [0.2, 0.25) is 0 Å². The summed E-state index contributed by atoms with van der Waals surface area (Å²) in [5.74, 6) is 0. The molecular weight excluding hydrogens is 217 g/mol. The number of rotatable bonds is 2. The summed E-state index contributed by atoms with van der Waals surface area (Å²) in [6.45, 7) is 1.55. The Morgan fingerprint density at radius 3 is 2.19 bits per heavy atom. The molecule has 1 unspecified atom stereocenters. The molecule has 0 saturated heterocycles. The first-order chi connectivity index (χ1) is 7.23. The molecule has 0 bridgehead atoms. The molecule has 0 aliphatic rings. The second kappa shape index (κ2) is 4.33. The minimum absolute atomic E-state index is 0.124. The van der Waals surface area contributed by atoms with Gasteiger partial charge in [0.1, 0.15) is 0 Å². The van der Waals surface area contributed by atoms with Crippen LogP contribution in [0.25, 0.3) is 0 Å².